The highest BCUT2D eigenvalue weighted by Gasteiger charge is 2.43. The molecule has 0 saturated carbocycles. The second-order valence-electron chi connectivity index (χ2n) is 20.0. The highest BCUT2D eigenvalue weighted by molar-refractivity contribution is 7.24. The van der Waals surface area contributed by atoms with Gasteiger partial charge >= 0.3 is 0 Å². The number of hydrogen-bond donors (Lipinski definition) is 0. The number of rotatable bonds is 32. The van der Waals surface area contributed by atoms with Crippen LogP contribution in [0.15, 0.2) is 65.0 Å². The van der Waals surface area contributed by atoms with E-state index in [1.165, 1.54) is 181 Å². The third-order valence-electron chi connectivity index (χ3n) is 14.0. The van der Waals surface area contributed by atoms with Crippen molar-refractivity contribution >= 4 is 34.4 Å². The number of fused-ring (bicyclic) bond motifs is 3. The minimum absolute atomic E-state index is 0.0615. The lowest BCUT2D eigenvalue weighted by Gasteiger charge is -2.38. The van der Waals surface area contributed by atoms with Crippen LogP contribution in [0.1, 0.15) is 218 Å². The van der Waals surface area contributed by atoms with Gasteiger partial charge in [-0.3, -0.25) is 0 Å². The molecule has 1 aromatic carbocycles. The zero-order valence-corrected chi connectivity index (χ0v) is 44.0. The summed E-state index contributed by atoms with van der Waals surface area (Å²) in [5.41, 5.74) is 3.19. The smallest absolute Gasteiger partial charge is 0.172 e. The van der Waals surface area contributed by atoms with Gasteiger partial charge in [-0.2, -0.15) is 15.8 Å². The van der Waals surface area contributed by atoms with Gasteiger partial charge in [-0.15, -0.1) is 22.7 Å². The summed E-state index contributed by atoms with van der Waals surface area (Å²) >= 11 is 3.62. The molecule has 3 aromatic rings. The fraction of sp³-hybridized carbons (Fsp3) is 0.610. The minimum Gasteiger partial charge on any atom is -0.481 e. The molecule has 8 heteroatoms. The highest BCUT2D eigenvalue weighted by Crippen LogP contribution is 2.57. The number of nitrogens with zero attached hydrogens (tertiary/aromatic N) is 4. The maximum atomic E-state index is 10.2. The summed E-state index contributed by atoms with van der Waals surface area (Å²) in [6, 6.07) is 19.7. The van der Waals surface area contributed by atoms with E-state index < -0.39 is 11.2 Å². The normalized spacial score (nSPS) is 14.6. The molecule has 5 rings (SSSR count). The van der Waals surface area contributed by atoms with E-state index in [4.69, 9.17) is 9.47 Å². The quantitative estimate of drug-likeness (QED) is 0.0457. The predicted molar refractivity (Wildman–Crippen MR) is 285 cm³/mol. The van der Waals surface area contributed by atoms with Gasteiger partial charge in [0.15, 0.2) is 11.3 Å². The van der Waals surface area contributed by atoms with Gasteiger partial charge in [0, 0.05) is 40.7 Å². The SMILES string of the molecule is CCCCCCCCCCCCCCCC1(CCCCCCCCCCCCCCC)Oc2cc(/C=C/C3=C(C#N)C(=C(C#N)C#N)OC3(C)C)sc2-c2sc(-c3ccc(N(C)C)cc3)cc21. The van der Waals surface area contributed by atoms with Gasteiger partial charge < -0.3 is 14.4 Å². The zero-order valence-electron chi connectivity index (χ0n) is 42.3. The van der Waals surface area contributed by atoms with Crippen molar-refractivity contribution in [1.82, 2.24) is 0 Å². The Kier molecular flexibility index (Phi) is 22.6. The van der Waals surface area contributed by atoms with Crippen LogP contribution in [0.5, 0.6) is 5.75 Å². The number of unbranched alkanes of at least 4 members (excludes halogenated alkanes) is 24. The van der Waals surface area contributed by atoms with Crippen LogP contribution < -0.4 is 9.64 Å². The number of ether oxygens (including phenoxy) is 2. The van der Waals surface area contributed by atoms with Crippen molar-refractivity contribution < 1.29 is 9.47 Å². The molecule has 0 bridgehead atoms. The van der Waals surface area contributed by atoms with Crippen LogP contribution in [0, 0.1) is 34.0 Å². The molecule has 0 atom stereocenters. The molecule has 0 fully saturated rings. The molecule has 2 aliphatic rings. The van der Waals surface area contributed by atoms with E-state index >= 15 is 0 Å². The summed E-state index contributed by atoms with van der Waals surface area (Å²) in [5.74, 6) is 1.01. The maximum absolute atomic E-state index is 10.2. The Hall–Kier alpha value is -4.29. The Morgan fingerprint density at radius 3 is 1.52 bits per heavy atom. The summed E-state index contributed by atoms with van der Waals surface area (Å²) in [4.78, 5) is 6.93. The first-order valence-electron chi connectivity index (χ1n) is 26.4. The molecular weight excluding hydrogens is 861 g/mol. The Labute approximate surface area is 414 Å². The van der Waals surface area contributed by atoms with Gasteiger partial charge in [0.25, 0.3) is 0 Å². The number of benzene rings is 1. The summed E-state index contributed by atoms with van der Waals surface area (Å²) in [6.07, 6.45) is 40.7. The molecular formula is C59H82N4O2S2. The second kappa shape index (κ2) is 28.3. The molecule has 0 saturated heterocycles. The van der Waals surface area contributed by atoms with Crippen molar-refractivity contribution in [3.8, 4) is 44.2 Å². The first-order chi connectivity index (χ1) is 32.6. The summed E-state index contributed by atoms with van der Waals surface area (Å²) < 4.78 is 13.6. The van der Waals surface area contributed by atoms with Gasteiger partial charge in [0.05, 0.1) is 9.75 Å². The first-order valence-corrected chi connectivity index (χ1v) is 28.1. The van der Waals surface area contributed by atoms with Crippen LogP contribution in [0.2, 0.25) is 0 Å². The summed E-state index contributed by atoms with van der Waals surface area (Å²) in [6.45, 7) is 8.33. The van der Waals surface area contributed by atoms with Crippen LogP contribution >= 0.6 is 22.7 Å². The van der Waals surface area contributed by atoms with Crippen LogP contribution in [-0.4, -0.2) is 19.7 Å². The highest BCUT2D eigenvalue weighted by atomic mass is 32.1. The van der Waals surface area contributed by atoms with Crippen molar-refractivity contribution in [2.75, 3.05) is 19.0 Å². The number of thiophene rings is 2. The third-order valence-corrected chi connectivity index (χ3v) is 16.4. The van der Waals surface area contributed by atoms with Gasteiger partial charge in [-0.05, 0) is 75.4 Å². The predicted octanol–water partition coefficient (Wildman–Crippen LogP) is 18.7. The molecule has 2 aliphatic heterocycles. The minimum atomic E-state index is -0.877. The first kappa shape index (κ1) is 53.7. The lowest BCUT2D eigenvalue weighted by atomic mass is 9.81. The molecule has 2 aromatic heterocycles. The lowest BCUT2D eigenvalue weighted by molar-refractivity contribution is 0.0397. The van der Waals surface area contributed by atoms with E-state index in [0.717, 1.165) is 41.2 Å². The molecule has 0 amide bonds. The van der Waals surface area contributed by atoms with E-state index in [-0.39, 0.29) is 16.9 Å². The summed E-state index contributed by atoms with van der Waals surface area (Å²) in [7, 11) is 4.18. The third kappa shape index (κ3) is 15.6. The lowest BCUT2D eigenvalue weighted by Crippen LogP contribution is -2.35. The number of nitriles is 3. The second-order valence-corrected chi connectivity index (χ2v) is 22.1. The molecule has 362 valence electrons. The fourth-order valence-electron chi connectivity index (χ4n) is 9.94. The van der Waals surface area contributed by atoms with E-state index in [2.05, 4.69) is 75.3 Å². The number of anilines is 1. The molecule has 0 radical (unpaired) electrons. The van der Waals surface area contributed by atoms with Gasteiger partial charge in [-0.1, -0.05) is 186 Å². The molecule has 0 aliphatic carbocycles. The largest absolute Gasteiger partial charge is 0.481 e. The van der Waals surface area contributed by atoms with E-state index in [1.54, 1.807) is 11.3 Å². The van der Waals surface area contributed by atoms with E-state index in [9.17, 15) is 15.8 Å². The molecule has 6 nitrogen and oxygen atoms in total. The summed E-state index contributed by atoms with van der Waals surface area (Å²) in [5, 5.41) is 29.5. The van der Waals surface area contributed by atoms with Crippen molar-refractivity contribution in [1.29, 1.82) is 15.8 Å². The molecule has 67 heavy (non-hydrogen) atoms. The number of allylic oxidation sites excluding steroid dienone is 2. The Bertz CT molecular complexity index is 2150. The fourth-order valence-corrected chi connectivity index (χ4v) is 12.3. The van der Waals surface area contributed by atoms with Crippen LogP contribution in [0.4, 0.5) is 5.69 Å². The van der Waals surface area contributed by atoms with Gasteiger partial charge in [-0.25, -0.2) is 0 Å². The maximum Gasteiger partial charge on any atom is 0.172 e. The average Bonchev–Trinajstić information content (AvgIpc) is 4.02. The Morgan fingerprint density at radius 2 is 1.07 bits per heavy atom. The molecule has 0 spiro atoms. The Balaban J connectivity index is 1.37. The molecule has 0 unspecified atom stereocenters. The number of hydrogen-bond acceptors (Lipinski definition) is 8. The standard InChI is InChI=1S/C59H82N4O2S2/c1-7-9-11-13-15-17-19-21-23-25-27-29-31-39-59(40-32-30-28-26-24-22-20-18-16-14-12-10-8-2)52-42-54(46-33-35-48(36-34-46)63(5)6)67-56(52)57-53(64-59)41-49(66-57)37-38-51-50(45-62)55(47(43-60)44-61)65-58(51,3)4/h33-38,41-42H,7-32,39-40H2,1-6H3/b38-37+. The van der Waals surface area contributed by atoms with Crippen molar-refractivity contribution in [3.63, 3.8) is 0 Å². The monoisotopic (exact) mass is 943 g/mol. The van der Waals surface area contributed by atoms with Crippen molar-refractivity contribution in [2.45, 2.75) is 219 Å². The van der Waals surface area contributed by atoms with Gasteiger partial charge in [0.2, 0.25) is 0 Å². The topological polar surface area (TPSA) is 93.1 Å². The average molecular weight is 943 g/mol. The van der Waals surface area contributed by atoms with Crippen molar-refractivity contribution in [3.05, 3.63) is 75.4 Å². The van der Waals surface area contributed by atoms with Crippen LogP contribution in [0.3, 0.4) is 0 Å². The van der Waals surface area contributed by atoms with E-state index in [1.807, 2.05) is 49.5 Å². The van der Waals surface area contributed by atoms with Crippen LogP contribution in [0.25, 0.3) is 26.3 Å². The molecule has 4 heterocycles. The van der Waals surface area contributed by atoms with Crippen LogP contribution in [-0.2, 0) is 10.3 Å². The Morgan fingerprint density at radius 1 is 0.597 bits per heavy atom. The van der Waals surface area contributed by atoms with Gasteiger partial charge in [0.1, 0.15) is 40.7 Å². The molecule has 0 N–H and O–H groups in total. The zero-order chi connectivity index (χ0) is 47.9. The van der Waals surface area contributed by atoms with Crippen molar-refractivity contribution in [2.24, 2.45) is 0 Å². The van der Waals surface area contributed by atoms with E-state index in [0.29, 0.717) is 5.57 Å².